The van der Waals surface area contributed by atoms with Crippen LogP contribution < -0.4 is 9.47 Å². The molecule has 0 radical (unpaired) electrons. The summed E-state index contributed by atoms with van der Waals surface area (Å²) in [4.78, 5) is 49.6. The maximum atomic E-state index is 12.2. The third kappa shape index (κ3) is 13.5. The van der Waals surface area contributed by atoms with Crippen molar-refractivity contribution in [2.24, 2.45) is 0 Å². The summed E-state index contributed by atoms with van der Waals surface area (Å²) < 4.78 is 26.4. The Labute approximate surface area is 312 Å². The van der Waals surface area contributed by atoms with Crippen LogP contribution in [0.3, 0.4) is 0 Å². The molecular formula is C41H52N2O10. The molecule has 0 bridgehead atoms. The zero-order chi connectivity index (χ0) is 39.3. The Morgan fingerprint density at radius 1 is 0.660 bits per heavy atom. The van der Waals surface area contributed by atoms with Crippen LogP contribution in [-0.2, 0) is 23.8 Å². The lowest BCUT2D eigenvalue weighted by molar-refractivity contribution is -0.135. The van der Waals surface area contributed by atoms with Crippen molar-refractivity contribution in [3.8, 4) is 11.5 Å². The molecule has 0 aliphatic carbocycles. The number of nitrogens with zero attached hydrogens (tertiary/aromatic N) is 2. The second-order valence-electron chi connectivity index (χ2n) is 14.3. The molecule has 0 aromatic heterocycles. The van der Waals surface area contributed by atoms with Gasteiger partial charge in [-0.05, 0) is 101 Å². The molecule has 2 aliphatic rings. The summed E-state index contributed by atoms with van der Waals surface area (Å²) in [5, 5.41) is 8.73. The summed E-state index contributed by atoms with van der Waals surface area (Å²) in [5.74, 6) is -0.00553. The van der Waals surface area contributed by atoms with E-state index in [-0.39, 0.29) is 12.2 Å². The molecule has 12 nitrogen and oxygen atoms in total. The molecule has 286 valence electrons. The number of carboxylic acids is 1. The van der Waals surface area contributed by atoms with Gasteiger partial charge in [0.05, 0.1) is 21.3 Å². The van der Waals surface area contributed by atoms with Gasteiger partial charge in [0.15, 0.2) is 0 Å². The quantitative estimate of drug-likeness (QED) is 0.163. The van der Waals surface area contributed by atoms with Gasteiger partial charge in [-0.15, -0.1) is 0 Å². The van der Waals surface area contributed by atoms with Crippen molar-refractivity contribution in [2.75, 3.05) is 47.5 Å². The zero-order valence-electron chi connectivity index (χ0n) is 32.2. The van der Waals surface area contributed by atoms with E-state index in [0.29, 0.717) is 44.8 Å². The number of benzene rings is 2. The van der Waals surface area contributed by atoms with Gasteiger partial charge < -0.3 is 38.6 Å². The lowest BCUT2D eigenvalue weighted by Crippen LogP contribution is -2.39. The number of esters is 1. The molecule has 0 atom stereocenters. The van der Waals surface area contributed by atoms with E-state index in [1.165, 1.54) is 19.3 Å². The summed E-state index contributed by atoms with van der Waals surface area (Å²) >= 11 is 0. The van der Waals surface area contributed by atoms with Crippen molar-refractivity contribution in [1.82, 2.24) is 9.80 Å². The monoisotopic (exact) mass is 732 g/mol. The third-order valence-corrected chi connectivity index (χ3v) is 7.90. The van der Waals surface area contributed by atoms with Crippen molar-refractivity contribution >= 4 is 47.4 Å². The fraction of sp³-hybridized carbons (Fsp3) is 0.415. The standard InChI is InChI=1S/C21H27NO5.C20H25NO5/c1-21(2,3)27-20(24)22-12-10-16(11-13-22)17-8-6-15(14-18(17)25-4)7-9-19(23)26-5;1-20(2,3)26-19(24)21-11-9-15(10-12-21)16-7-5-14(6-8-18(22)23)13-17(16)25-4/h6-10,14H,11-13H2,1-5H3;5-9,13H,10-12H2,1-4H3,(H,22,23)/b9-7+;8-6+. The second kappa shape index (κ2) is 18.8. The first kappa shape index (κ1) is 41.9. The second-order valence-corrected chi connectivity index (χ2v) is 14.3. The maximum Gasteiger partial charge on any atom is 0.410 e. The van der Waals surface area contributed by atoms with Gasteiger partial charge in [-0.2, -0.15) is 0 Å². The number of aliphatic carboxylic acids is 1. The number of hydrogen-bond acceptors (Lipinski definition) is 9. The van der Waals surface area contributed by atoms with E-state index in [2.05, 4.69) is 4.74 Å². The number of carbonyl (C=O) groups is 4. The highest BCUT2D eigenvalue weighted by atomic mass is 16.6. The summed E-state index contributed by atoms with van der Waals surface area (Å²) in [6.07, 6.45) is 10.5. The Balaban J connectivity index is 0.000000286. The van der Waals surface area contributed by atoms with Gasteiger partial charge in [0.25, 0.3) is 0 Å². The van der Waals surface area contributed by atoms with Crippen LogP contribution in [0.2, 0.25) is 0 Å². The van der Waals surface area contributed by atoms with Gasteiger partial charge in [0.2, 0.25) is 0 Å². The minimum absolute atomic E-state index is 0.298. The lowest BCUT2D eigenvalue weighted by atomic mass is 9.97. The third-order valence-electron chi connectivity index (χ3n) is 7.90. The first-order valence-electron chi connectivity index (χ1n) is 17.3. The molecule has 2 amide bonds. The summed E-state index contributed by atoms with van der Waals surface area (Å²) in [6.45, 7) is 13.3. The van der Waals surface area contributed by atoms with Gasteiger partial charge in [-0.25, -0.2) is 19.2 Å². The smallest absolute Gasteiger partial charge is 0.410 e. The van der Waals surface area contributed by atoms with E-state index >= 15 is 0 Å². The molecule has 0 saturated carbocycles. The Morgan fingerprint density at radius 3 is 1.40 bits per heavy atom. The van der Waals surface area contributed by atoms with E-state index < -0.39 is 23.1 Å². The first-order chi connectivity index (χ1) is 24.9. The Kier molecular flexibility index (Phi) is 14.9. The summed E-state index contributed by atoms with van der Waals surface area (Å²) in [7, 11) is 4.54. The molecule has 0 saturated heterocycles. The number of hydrogen-bond donors (Lipinski definition) is 1. The number of amides is 2. The molecule has 2 heterocycles. The molecule has 2 aromatic rings. The minimum atomic E-state index is -0.995. The highest BCUT2D eigenvalue weighted by Crippen LogP contribution is 2.33. The molecule has 53 heavy (non-hydrogen) atoms. The molecule has 1 N–H and O–H groups in total. The summed E-state index contributed by atoms with van der Waals surface area (Å²) in [5.41, 5.74) is 4.72. The number of ether oxygens (including phenoxy) is 5. The topological polar surface area (TPSA) is 141 Å². The fourth-order valence-corrected chi connectivity index (χ4v) is 5.37. The molecule has 0 spiro atoms. The van der Waals surface area contributed by atoms with E-state index in [9.17, 15) is 19.2 Å². The van der Waals surface area contributed by atoms with Crippen LogP contribution in [0.15, 0.2) is 60.7 Å². The molecule has 12 heteroatoms. The Hall–Kier alpha value is -5.52. The highest BCUT2D eigenvalue weighted by molar-refractivity contribution is 5.87. The highest BCUT2D eigenvalue weighted by Gasteiger charge is 2.26. The largest absolute Gasteiger partial charge is 0.496 e. The van der Waals surface area contributed by atoms with E-state index in [4.69, 9.17) is 24.1 Å². The average molecular weight is 733 g/mol. The van der Waals surface area contributed by atoms with Gasteiger partial charge in [0, 0.05) is 49.5 Å². The fourth-order valence-electron chi connectivity index (χ4n) is 5.37. The average Bonchev–Trinajstić information content (AvgIpc) is 3.11. The predicted molar refractivity (Wildman–Crippen MR) is 205 cm³/mol. The van der Waals surface area contributed by atoms with Gasteiger partial charge >= 0.3 is 24.1 Å². The van der Waals surface area contributed by atoms with Crippen LogP contribution in [0.4, 0.5) is 9.59 Å². The van der Waals surface area contributed by atoms with E-state index in [1.54, 1.807) is 36.2 Å². The first-order valence-corrected chi connectivity index (χ1v) is 17.3. The molecule has 4 rings (SSSR count). The van der Waals surface area contributed by atoms with Crippen molar-refractivity contribution in [1.29, 1.82) is 0 Å². The predicted octanol–water partition coefficient (Wildman–Crippen LogP) is 7.72. The Bertz CT molecular complexity index is 1760. The SMILES string of the molecule is COC(=O)/C=C/c1ccc(C2=CCN(C(=O)OC(C)(C)C)CC2)c(OC)c1.COc1cc(/C=C/C(=O)O)ccc1C1=CCN(C(=O)OC(C)(C)C)CC1. The zero-order valence-corrected chi connectivity index (χ0v) is 32.2. The van der Waals surface area contributed by atoms with Gasteiger partial charge in [-0.1, -0.05) is 36.4 Å². The van der Waals surface area contributed by atoms with Crippen LogP contribution in [0.1, 0.15) is 76.6 Å². The number of carbonyl (C=O) groups excluding carboxylic acids is 3. The molecular weight excluding hydrogens is 680 g/mol. The minimum Gasteiger partial charge on any atom is -0.496 e. The summed E-state index contributed by atoms with van der Waals surface area (Å²) in [6, 6.07) is 11.3. The number of rotatable bonds is 8. The normalized spacial score (nSPS) is 14.8. The van der Waals surface area contributed by atoms with E-state index in [0.717, 1.165) is 45.2 Å². The molecule has 0 fully saturated rings. The van der Waals surface area contributed by atoms with Crippen LogP contribution in [-0.4, -0.2) is 97.7 Å². The number of carboxylic acid groups (broad SMARTS) is 1. The Morgan fingerprint density at radius 2 is 1.08 bits per heavy atom. The van der Waals surface area contributed by atoms with Crippen LogP contribution in [0, 0.1) is 0 Å². The molecule has 2 aliphatic heterocycles. The van der Waals surface area contributed by atoms with Crippen LogP contribution in [0.5, 0.6) is 11.5 Å². The lowest BCUT2D eigenvalue weighted by Gasteiger charge is -2.30. The molecule has 0 unspecified atom stereocenters. The maximum absolute atomic E-state index is 12.2. The van der Waals surface area contributed by atoms with Crippen molar-refractivity contribution in [3.63, 3.8) is 0 Å². The number of methoxy groups -OCH3 is 3. The molecule has 2 aromatic carbocycles. The van der Waals surface area contributed by atoms with Crippen LogP contribution >= 0.6 is 0 Å². The van der Waals surface area contributed by atoms with Gasteiger partial charge in [0.1, 0.15) is 22.7 Å². The van der Waals surface area contributed by atoms with Crippen LogP contribution in [0.25, 0.3) is 23.3 Å². The van der Waals surface area contributed by atoms with Crippen molar-refractivity contribution < 1.29 is 48.0 Å². The van der Waals surface area contributed by atoms with Crippen molar-refractivity contribution in [2.45, 2.75) is 65.6 Å². The van der Waals surface area contributed by atoms with E-state index in [1.807, 2.05) is 84.0 Å². The van der Waals surface area contributed by atoms with Gasteiger partial charge in [-0.3, -0.25) is 0 Å². The van der Waals surface area contributed by atoms with Crippen molar-refractivity contribution in [3.05, 3.63) is 83.0 Å².